The summed E-state index contributed by atoms with van der Waals surface area (Å²) in [5.41, 5.74) is 7.78. The molecule has 2 unspecified atom stereocenters. The summed E-state index contributed by atoms with van der Waals surface area (Å²) in [6.07, 6.45) is 1.81. The van der Waals surface area contributed by atoms with Crippen molar-refractivity contribution in [2.75, 3.05) is 6.54 Å². The number of nitrogens with one attached hydrogen (secondary N) is 1. The number of carbonyl (C=O) groups excluding carboxylic acids is 2. The van der Waals surface area contributed by atoms with E-state index in [9.17, 15) is 14.0 Å². The monoisotopic (exact) mass is 369 g/mol. The molecule has 0 saturated carbocycles. The number of nitrogens with two attached hydrogens (primary N) is 1. The molecule has 0 radical (unpaired) electrons. The number of carbonyl (C=O) groups is 2. The first-order chi connectivity index (χ1) is 13.0. The fraction of sp³-hybridized carbons (Fsp3) is 0.333. The van der Waals surface area contributed by atoms with Crippen LogP contribution in [0.1, 0.15) is 24.0 Å². The van der Waals surface area contributed by atoms with Crippen molar-refractivity contribution in [3.8, 4) is 0 Å². The average molecular weight is 369 g/mol. The van der Waals surface area contributed by atoms with Gasteiger partial charge in [0.2, 0.25) is 11.8 Å². The van der Waals surface area contributed by atoms with Crippen LogP contribution in [-0.4, -0.2) is 35.3 Å². The second-order valence-corrected chi connectivity index (χ2v) is 6.83. The summed E-state index contributed by atoms with van der Waals surface area (Å²) in [6, 6.07) is 14.5. The summed E-state index contributed by atoms with van der Waals surface area (Å²) in [6.45, 7) is 0.755. The minimum Gasteiger partial charge on any atom is -0.350 e. The van der Waals surface area contributed by atoms with Crippen LogP contribution in [0.5, 0.6) is 0 Å². The van der Waals surface area contributed by atoms with Crippen molar-refractivity contribution in [2.45, 2.75) is 37.9 Å². The second kappa shape index (κ2) is 8.77. The fourth-order valence-corrected chi connectivity index (χ4v) is 3.43. The lowest BCUT2D eigenvalue weighted by molar-refractivity contribution is -0.139. The molecule has 1 heterocycles. The van der Waals surface area contributed by atoms with Crippen molar-refractivity contribution in [2.24, 2.45) is 5.73 Å². The lowest BCUT2D eigenvalue weighted by Crippen LogP contribution is -2.51. The number of hydrogen-bond acceptors (Lipinski definition) is 3. The molecule has 2 aromatic carbocycles. The van der Waals surface area contributed by atoms with Crippen LogP contribution < -0.4 is 11.1 Å². The van der Waals surface area contributed by atoms with Gasteiger partial charge in [0.05, 0.1) is 6.04 Å². The minimum atomic E-state index is -0.677. The van der Waals surface area contributed by atoms with Gasteiger partial charge in [0, 0.05) is 13.1 Å². The van der Waals surface area contributed by atoms with Crippen LogP contribution in [0.15, 0.2) is 54.6 Å². The average Bonchev–Trinajstić information content (AvgIpc) is 3.16. The molecule has 3 rings (SSSR count). The van der Waals surface area contributed by atoms with Crippen molar-refractivity contribution in [3.05, 3.63) is 71.5 Å². The van der Waals surface area contributed by atoms with Crippen LogP contribution in [0.25, 0.3) is 0 Å². The molecule has 2 atom stereocenters. The Morgan fingerprint density at radius 1 is 1.15 bits per heavy atom. The van der Waals surface area contributed by atoms with Crippen LogP contribution in [-0.2, 0) is 22.6 Å². The summed E-state index contributed by atoms with van der Waals surface area (Å²) >= 11 is 0. The van der Waals surface area contributed by atoms with Crippen LogP contribution in [0.2, 0.25) is 0 Å². The standard InChI is InChI=1S/C21H24FN3O2/c22-17-9-4-8-16(12-17)14-24-20(26)19-10-5-11-25(19)21(27)18(23)13-15-6-2-1-3-7-15/h1-4,6-9,12,18-19H,5,10-11,13-14,23H2,(H,24,26). The number of halogens is 1. The molecule has 1 saturated heterocycles. The van der Waals surface area contributed by atoms with Crippen LogP contribution in [0, 0.1) is 5.82 Å². The zero-order chi connectivity index (χ0) is 19.2. The number of nitrogens with zero attached hydrogens (tertiary/aromatic N) is 1. The van der Waals surface area contributed by atoms with Gasteiger partial charge in [-0.05, 0) is 42.5 Å². The Labute approximate surface area is 158 Å². The first-order valence-electron chi connectivity index (χ1n) is 9.17. The Morgan fingerprint density at radius 2 is 1.89 bits per heavy atom. The largest absolute Gasteiger partial charge is 0.350 e. The van der Waals surface area contributed by atoms with Crippen molar-refractivity contribution in [1.82, 2.24) is 10.2 Å². The molecule has 0 spiro atoms. The van der Waals surface area contributed by atoms with Gasteiger partial charge < -0.3 is 16.0 Å². The maximum Gasteiger partial charge on any atom is 0.243 e. The van der Waals surface area contributed by atoms with Gasteiger partial charge in [-0.2, -0.15) is 0 Å². The van der Waals surface area contributed by atoms with E-state index in [2.05, 4.69) is 5.32 Å². The molecule has 0 bridgehead atoms. The first-order valence-corrected chi connectivity index (χ1v) is 9.17. The van der Waals surface area contributed by atoms with Crippen molar-refractivity contribution < 1.29 is 14.0 Å². The number of hydrogen-bond donors (Lipinski definition) is 2. The SMILES string of the molecule is NC(Cc1ccccc1)C(=O)N1CCCC1C(=O)NCc1cccc(F)c1. The van der Waals surface area contributed by atoms with E-state index in [1.54, 1.807) is 17.0 Å². The Hall–Kier alpha value is -2.73. The van der Waals surface area contributed by atoms with E-state index in [0.29, 0.717) is 24.9 Å². The van der Waals surface area contributed by atoms with Gasteiger partial charge in [-0.25, -0.2) is 4.39 Å². The highest BCUT2D eigenvalue weighted by atomic mass is 19.1. The van der Waals surface area contributed by atoms with Crippen LogP contribution >= 0.6 is 0 Å². The predicted octanol–water partition coefficient (Wildman–Crippen LogP) is 2.00. The third-order valence-electron chi connectivity index (χ3n) is 4.81. The highest BCUT2D eigenvalue weighted by molar-refractivity contribution is 5.90. The summed E-state index contributed by atoms with van der Waals surface area (Å²) in [5.74, 6) is -0.773. The molecular formula is C21H24FN3O2. The fourth-order valence-electron chi connectivity index (χ4n) is 3.43. The molecule has 27 heavy (non-hydrogen) atoms. The van der Waals surface area contributed by atoms with E-state index < -0.39 is 12.1 Å². The van der Waals surface area contributed by atoms with E-state index in [4.69, 9.17) is 5.73 Å². The van der Waals surface area contributed by atoms with E-state index in [-0.39, 0.29) is 24.2 Å². The van der Waals surface area contributed by atoms with Gasteiger partial charge in [0.15, 0.2) is 0 Å². The number of likely N-dealkylation sites (tertiary alicyclic amines) is 1. The number of amides is 2. The van der Waals surface area contributed by atoms with Gasteiger partial charge >= 0.3 is 0 Å². The van der Waals surface area contributed by atoms with Crippen molar-refractivity contribution in [1.29, 1.82) is 0 Å². The van der Waals surface area contributed by atoms with Gasteiger partial charge in [-0.1, -0.05) is 42.5 Å². The van der Waals surface area contributed by atoms with E-state index in [1.165, 1.54) is 12.1 Å². The zero-order valence-corrected chi connectivity index (χ0v) is 15.1. The highest BCUT2D eigenvalue weighted by Gasteiger charge is 2.35. The molecule has 1 fully saturated rings. The lowest BCUT2D eigenvalue weighted by Gasteiger charge is -2.26. The van der Waals surface area contributed by atoms with E-state index in [0.717, 1.165) is 12.0 Å². The van der Waals surface area contributed by atoms with Gasteiger partial charge in [0.1, 0.15) is 11.9 Å². The van der Waals surface area contributed by atoms with Gasteiger partial charge in [0.25, 0.3) is 0 Å². The zero-order valence-electron chi connectivity index (χ0n) is 15.1. The summed E-state index contributed by atoms with van der Waals surface area (Å²) in [4.78, 5) is 26.9. The van der Waals surface area contributed by atoms with Gasteiger partial charge in [-0.3, -0.25) is 9.59 Å². The Balaban J connectivity index is 1.58. The normalized spacial score (nSPS) is 17.6. The Morgan fingerprint density at radius 3 is 2.63 bits per heavy atom. The topological polar surface area (TPSA) is 75.4 Å². The smallest absolute Gasteiger partial charge is 0.243 e. The summed E-state index contributed by atoms with van der Waals surface area (Å²) in [5, 5.41) is 2.80. The molecule has 0 aromatic heterocycles. The molecule has 1 aliphatic heterocycles. The summed E-state index contributed by atoms with van der Waals surface area (Å²) in [7, 11) is 0. The van der Waals surface area contributed by atoms with Gasteiger partial charge in [-0.15, -0.1) is 0 Å². The predicted molar refractivity (Wildman–Crippen MR) is 101 cm³/mol. The molecule has 3 N–H and O–H groups in total. The Bertz CT molecular complexity index is 797. The molecule has 0 aliphatic carbocycles. The Kier molecular flexibility index (Phi) is 6.19. The van der Waals surface area contributed by atoms with Crippen molar-refractivity contribution in [3.63, 3.8) is 0 Å². The maximum atomic E-state index is 13.2. The molecule has 142 valence electrons. The first kappa shape index (κ1) is 19.0. The summed E-state index contributed by atoms with van der Waals surface area (Å²) < 4.78 is 13.2. The quantitative estimate of drug-likeness (QED) is 0.818. The second-order valence-electron chi connectivity index (χ2n) is 6.83. The highest BCUT2D eigenvalue weighted by Crippen LogP contribution is 2.19. The third-order valence-corrected chi connectivity index (χ3v) is 4.81. The molecule has 2 aromatic rings. The maximum absolute atomic E-state index is 13.2. The molecule has 6 heteroatoms. The number of benzene rings is 2. The number of rotatable bonds is 6. The molecular weight excluding hydrogens is 345 g/mol. The molecule has 2 amide bonds. The third kappa shape index (κ3) is 4.92. The van der Waals surface area contributed by atoms with Crippen LogP contribution in [0.3, 0.4) is 0 Å². The minimum absolute atomic E-state index is 0.206. The molecule has 5 nitrogen and oxygen atoms in total. The lowest BCUT2D eigenvalue weighted by atomic mass is 10.1. The van der Waals surface area contributed by atoms with Crippen molar-refractivity contribution >= 4 is 11.8 Å². The van der Waals surface area contributed by atoms with E-state index >= 15 is 0 Å². The van der Waals surface area contributed by atoms with E-state index in [1.807, 2.05) is 30.3 Å². The molecule has 1 aliphatic rings. The van der Waals surface area contributed by atoms with Crippen LogP contribution in [0.4, 0.5) is 4.39 Å².